The number of nitrogen functional groups attached to an aromatic ring is 1. The molecule has 102 valence electrons. The molecule has 0 saturated carbocycles. The van der Waals surface area contributed by atoms with Gasteiger partial charge in [0, 0.05) is 24.8 Å². The van der Waals surface area contributed by atoms with Crippen molar-refractivity contribution in [2.75, 3.05) is 12.8 Å². The molecular weight excluding hydrogens is 238 g/mol. The van der Waals surface area contributed by atoms with E-state index in [1.165, 1.54) is 11.1 Å². The van der Waals surface area contributed by atoms with Crippen LogP contribution in [0.4, 0.5) is 5.69 Å². The zero-order valence-electron chi connectivity index (χ0n) is 11.6. The fourth-order valence-corrected chi connectivity index (χ4v) is 2.20. The van der Waals surface area contributed by atoms with E-state index in [2.05, 4.69) is 29.3 Å². The number of nitrogens with two attached hydrogens (primary N) is 1. The first-order valence-corrected chi connectivity index (χ1v) is 6.63. The third-order valence-electron chi connectivity index (χ3n) is 3.17. The summed E-state index contributed by atoms with van der Waals surface area (Å²) in [5, 5.41) is 7.50. The molecule has 0 aliphatic carbocycles. The number of rotatable bonds is 6. The zero-order chi connectivity index (χ0) is 13.7. The Bertz CT molecular complexity index is 493. The van der Waals surface area contributed by atoms with Gasteiger partial charge in [-0.2, -0.15) is 5.10 Å². The average Bonchev–Trinajstić information content (AvgIpc) is 2.76. The monoisotopic (exact) mass is 259 g/mol. The molecular formula is C15H21N3O. The summed E-state index contributed by atoms with van der Waals surface area (Å²) >= 11 is 0. The minimum absolute atomic E-state index is 0.570. The molecule has 4 nitrogen and oxygen atoms in total. The molecule has 0 amide bonds. The maximum Gasteiger partial charge on any atom is 0.0881 e. The van der Waals surface area contributed by atoms with Crippen molar-refractivity contribution in [1.82, 2.24) is 10.2 Å². The Kier molecular flexibility index (Phi) is 4.58. The van der Waals surface area contributed by atoms with Gasteiger partial charge in [0.15, 0.2) is 0 Å². The molecule has 0 saturated heterocycles. The molecule has 3 N–H and O–H groups in total. The normalized spacial score (nSPS) is 10.8. The smallest absolute Gasteiger partial charge is 0.0881 e. The number of H-pyrrole nitrogens is 1. The Labute approximate surface area is 114 Å². The van der Waals surface area contributed by atoms with Crippen LogP contribution in [-0.4, -0.2) is 17.3 Å². The highest BCUT2D eigenvalue weighted by Gasteiger charge is 2.12. The molecule has 0 unspecified atom stereocenters. The van der Waals surface area contributed by atoms with Gasteiger partial charge in [0.2, 0.25) is 0 Å². The predicted octanol–water partition coefficient (Wildman–Crippen LogP) is 2.68. The van der Waals surface area contributed by atoms with Gasteiger partial charge in [-0.3, -0.25) is 5.10 Å². The standard InChI is InChI=1S/C15H21N3O/c1-3-4-14-13(15(10-19-2)18-17-14)9-11-5-7-12(16)8-6-11/h5-8H,3-4,9-10,16H2,1-2H3,(H,17,18). The fraction of sp³-hybridized carbons (Fsp3) is 0.400. The number of benzene rings is 1. The minimum atomic E-state index is 0.570. The van der Waals surface area contributed by atoms with Gasteiger partial charge in [0.25, 0.3) is 0 Å². The molecule has 4 heteroatoms. The summed E-state index contributed by atoms with van der Waals surface area (Å²) in [5.41, 5.74) is 11.2. The molecule has 0 aliphatic rings. The van der Waals surface area contributed by atoms with Crippen molar-refractivity contribution in [2.45, 2.75) is 32.8 Å². The Morgan fingerprint density at radius 1 is 1.26 bits per heavy atom. The molecule has 2 rings (SSSR count). The number of anilines is 1. The van der Waals surface area contributed by atoms with Gasteiger partial charge < -0.3 is 10.5 Å². The quantitative estimate of drug-likeness (QED) is 0.784. The number of ether oxygens (including phenoxy) is 1. The molecule has 0 radical (unpaired) electrons. The lowest BCUT2D eigenvalue weighted by molar-refractivity contribution is 0.181. The summed E-state index contributed by atoms with van der Waals surface area (Å²) in [7, 11) is 1.70. The van der Waals surface area contributed by atoms with E-state index >= 15 is 0 Å². The van der Waals surface area contributed by atoms with Crippen LogP contribution in [0.25, 0.3) is 0 Å². The van der Waals surface area contributed by atoms with Crippen molar-refractivity contribution < 1.29 is 4.74 Å². The third kappa shape index (κ3) is 3.35. The zero-order valence-corrected chi connectivity index (χ0v) is 11.6. The van der Waals surface area contributed by atoms with E-state index in [0.717, 1.165) is 36.3 Å². The molecule has 0 aliphatic heterocycles. The van der Waals surface area contributed by atoms with Crippen LogP contribution in [0.3, 0.4) is 0 Å². The van der Waals surface area contributed by atoms with Gasteiger partial charge in [-0.15, -0.1) is 0 Å². The lowest BCUT2D eigenvalue weighted by Gasteiger charge is -2.06. The molecule has 1 aromatic heterocycles. The summed E-state index contributed by atoms with van der Waals surface area (Å²) < 4.78 is 5.23. The summed E-state index contributed by atoms with van der Waals surface area (Å²) in [6.45, 7) is 2.73. The first-order valence-electron chi connectivity index (χ1n) is 6.63. The topological polar surface area (TPSA) is 63.9 Å². The van der Waals surface area contributed by atoms with Gasteiger partial charge in [0.05, 0.1) is 18.0 Å². The number of aromatic nitrogens is 2. The Hall–Kier alpha value is -1.81. The van der Waals surface area contributed by atoms with Crippen LogP contribution >= 0.6 is 0 Å². The molecule has 1 aromatic carbocycles. The predicted molar refractivity (Wildman–Crippen MR) is 77.0 cm³/mol. The summed E-state index contributed by atoms with van der Waals surface area (Å²) in [6.07, 6.45) is 2.95. The van der Waals surface area contributed by atoms with Crippen molar-refractivity contribution in [3.05, 3.63) is 46.8 Å². The van der Waals surface area contributed by atoms with Crippen LogP contribution in [0, 0.1) is 0 Å². The molecule has 19 heavy (non-hydrogen) atoms. The van der Waals surface area contributed by atoms with Crippen LogP contribution < -0.4 is 5.73 Å². The van der Waals surface area contributed by atoms with Crippen LogP contribution in [0.2, 0.25) is 0 Å². The summed E-state index contributed by atoms with van der Waals surface area (Å²) in [6, 6.07) is 8.00. The van der Waals surface area contributed by atoms with Crippen molar-refractivity contribution in [2.24, 2.45) is 0 Å². The van der Waals surface area contributed by atoms with Crippen LogP contribution in [0.15, 0.2) is 24.3 Å². The van der Waals surface area contributed by atoms with Crippen LogP contribution in [0.1, 0.15) is 35.9 Å². The van der Waals surface area contributed by atoms with Crippen LogP contribution in [0.5, 0.6) is 0 Å². The maximum atomic E-state index is 5.72. The number of aromatic amines is 1. The Morgan fingerprint density at radius 3 is 2.63 bits per heavy atom. The number of nitrogens with zero attached hydrogens (tertiary/aromatic N) is 1. The van der Waals surface area contributed by atoms with E-state index in [1.54, 1.807) is 7.11 Å². The van der Waals surface area contributed by atoms with E-state index in [4.69, 9.17) is 10.5 Å². The fourth-order valence-electron chi connectivity index (χ4n) is 2.20. The van der Waals surface area contributed by atoms with Crippen molar-refractivity contribution in [1.29, 1.82) is 0 Å². The molecule has 0 fully saturated rings. The lowest BCUT2D eigenvalue weighted by atomic mass is 10.0. The SMILES string of the molecule is CCCc1n[nH]c(COC)c1Cc1ccc(N)cc1. The highest BCUT2D eigenvalue weighted by molar-refractivity contribution is 5.41. The molecule has 1 heterocycles. The first kappa shape index (κ1) is 13.6. The number of hydrogen-bond acceptors (Lipinski definition) is 3. The van der Waals surface area contributed by atoms with E-state index in [1.807, 2.05) is 12.1 Å². The van der Waals surface area contributed by atoms with E-state index in [-0.39, 0.29) is 0 Å². The number of aryl methyl sites for hydroxylation is 1. The second-order valence-electron chi connectivity index (χ2n) is 4.73. The summed E-state index contributed by atoms with van der Waals surface area (Å²) in [5.74, 6) is 0. The van der Waals surface area contributed by atoms with Gasteiger partial charge in [-0.1, -0.05) is 25.5 Å². The lowest BCUT2D eigenvalue weighted by Crippen LogP contribution is -1.99. The van der Waals surface area contributed by atoms with Gasteiger partial charge >= 0.3 is 0 Å². The highest BCUT2D eigenvalue weighted by atomic mass is 16.5. The molecule has 2 aromatic rings. The molecule has 0 spiro atoms. The average molecular weight is 259 g/mol. The highest BCUT2D eigenvalue weighted by Crippen LogP contribution is 2.19. The summed E-state index contributed by atoms with van der Waals surface area (Å²) in [4.78, 5) is 0. The largest absolute Gasteiger partial charge is 0.399 e. The molecule has 0 atom stereocenters. The minimum Gasteiger partial charge on any atom is -0.399 e. The number of hydrogen-bond donors (Lipinski definition) is 2. The number of methoxy groups -OCH3 is 1. The Balaban J connectivity index is 2.25. The first-order chi connectivity index (χ1) is 9.24. The van der Waals surface area contributed by atoms with Gasteiger partial charge in [-0.05, 0) is 24.1 Å². The van der Waals surface area contributed by atoms with Crippen LogP contribution in [-0.2, 0) is 24.2 Å². The van der Waals surface area contributed by atoms with Crippen molar-refractivity contribution in [3.8, 4) is 0 Å². The van der Waals surface area contributed by atoms with E-state index < -0.39 is 0 Å². The second kappa shape index (κ2) is 6.38. The van der Waals surface area contributed by atoms with Crippen molar-refractivity contribution >= 4 is 5.69 Å². The van der Waals surface area contributed by atoms with Gasteiger partial charge in [0.1, 0.15) is 0 Å². The Morgan fingerprint density at radius 2 is 2.00 bits per heavy atom. The van der Waals surface area contributed by atoms with E-state index in [0.29, 0.717) is 6.61 Å². The number of nitrogens with one attached hydrogen (secondary N) is 1. The molecule has 0 bridgehead atoms. The second-order valence-corrected chi connectivity index (χ2v) is 4.73. The third-order valence-corrected chi connectivity index (χ3v) is 3.17. The van der Waals surface area contributed by atoms with Gasteiger partial charge in [-0.25, -0.2) is 0 Å². The van der Waals surface area contributed by atoms with E-state index in [9.17, 15) is 0 Å². The maximum absolute atomic E-state index is 5.72. The van der Waals surface area contributed by atoms with Crippen molar-refractivity contribution in [3.63, 3.8) is 0 Å².